The van der Waals surface area contributed by atoms with Crippen molar-refractivity contribution < 1.29 is 19.1 Å². The Labute approximate surface area is 171 Å². The summed E-state index contributed by atoms with van der Waals surface area (Å²) in [6.07, 6.45) is -0.221. The number of fused-ring (bicyclic) bond motifs is 1. The third-order valence-electron chi connectivity index (χ3n) is 5.32. The minimum absolute atomic E-state index is 0.140. The Bertz CT molecular complexity index is 1230. The zero-order chi connectivity index (χ0) is 21.4. The second kappa shape index (κ2) is 7.55. The SMILES string of the molecule is COC(=O)C(c1nc2ccccc2[nH]c1=O)C1CC(=O)N(c2ccccc2C)C1=O. The molecule has 1 fully saturated rings. The van der Waals surface area contributed by atoms with Gasteiger partial charge in [0.2, 0.25) is 11.8 Å². The van der Waals surface area contributed by atoms with E-state index in [1.54, 1.807) is 55.5 Å². The molecule has 0 saturated carbocycles. The Hall–Kier alpha value is -3.81. The number of esters is 1. The van der Waals surface area contributed by atoms with Crippen molar-refractivity contribution in [2.45, 2.75) is 19.3 Å². The highest BCUT2D eigenvalue weighted by Crippen LogP contribution is 2.36. The van der Waals surface area contributed by atoms with Crippen LogP contribution in [-0.2, 0) is 19.1 Å². The molecule has 2 atom stereocenters. The summed E-state index contributed by atoms with van der Waals surface area (Å²) >= 11 is 0. The molecule has 2 amide bonds. The summed E-state index contributed by atoms with van der Waals surface area (Å²) in [4.78, 5) is 59.4. The molecular formula is C22H19N3O5. The van der Waals surface area contributed by atoms with Gasteiger partial charge in [0.25, 0.3) is 5.56 Å². The summed E-state index contributed by atoms with van der Waals surface area (Å²) in [6, 6.07) is 13.8. The second-order valence-electron chi connectivity index (χ2n) is 7.13. The fraction of sp³-hybridized carbons (Fsp3) is 0.227. The lowest BCUT2D eigenvalue weighted by atomic mass is 9.88. The molecule has 4 rings (SSSR count). The van der Waals surface area contributed by atoms with Crippen molar-refractivity contribution in [3.05, 3.63) is 70.1 Å². The monoisotopic (exact) mass is 405 g/mol. The first-order chi connectivity index (χ1) is 14.4. The first kappa shape index (κ1) is 19.5. The molecule has 0 aliphatic carbocycles. The number of anilines is 1. The van der Waals surface area contributed by atoms with Crippen LogP contribution in [0, 0.1) is 12.8 Å². The maximum atomic E-state index is 13.2. The molecule has 1 aliphatic heterocycles. The van der Waals surface area contributed by atoms with E-state index in [4.69, 9.17) is 4.74 Å². The first-order valence-corrected chi connectivity index (χ1v) is 9.41. The van der Waals surface area contributed by atoms with Crippen LogP contribution in [0.2, 0.25) is 0 Å². The molecule has 2 heterocycles. The van der Waals surface area contributed by atoms with Crippen molar-refractivity contribution in [3.8, 4) is 0 Å². The molecule has 2 aromatic carbocycles. The van der Waals surface area contributed by atoms with E-state index in [1.165, 1.54) is 7.11 Å². The van der Waals surface area contributed by atoms with Crippen LogP contribution in [0.15, 0.2) is 53.3 Å². The Kier molecular flexibility index (Phi) is 4.91. The quantitative estimate of drug-likeness (QED) is 0.526. The van der Waals surface area contributed by atoms with Gasteiger partial charge in [-0.3, -0.25) is 24.1 Å². The summed E-state index contributed by atoms with van der Waals surface area (Å²) in [5, 5.41) is 0. The minimum Gasteiger partial charge on any atom is -0.468 e. The van der Waals surface area contributed by atoms with Crippen LogP contribution in [0.25, 0.3) is 11.0 Å². The maximum Gasteiger partial charge on any atom is 0.315 e. The maximum absolute atomic E-state index is 13.2. The number of hydrogen-bond acceptors (Lipinski definition) is 6. The molecular weight excluding hydrogens is 386 g/mol. The molecule has 3 aromatic rings. The van der Waals surface area contributed by atoms with Crippen molar-refractivity contribution in [1.82, 2.24) is 9.97 Å². The molecule has 1 aliphatic rings. The number of nitrogens with one attached hydrogen (secondary N) is 1. The number of aromatic nitrogens is 2. The Morgan fingerprint density at radius 1 is 1.13 bits per heavy atom. The predicted molar refractivity (Wildman–Crippen MR) is 109 cm³/mol. The normalized spacial score (nSPS) is 17.4. The number of para-hydroxylation sites is 3. The van der Waals surface area contributed by atoms with Crippen molar-refractivity contribution in [3.63, 3.8) is 0 Å². The van der Waals surface area contributed by atoms with Gasteiger partial charge >= 0.3 is 5.97 Å². The van der Waals surface area contributed by atoms with Crippen molar-refractivity contribution in [1.29, 1.82) is 0 Å². The average Bonchev–Trinajstić information content (AvgIpc) is 3.02. The fourth-order valence-corrected chi connectivity index (χ4v) is 3.83. The lowest BCUT2D eigenvalue weighted by molar-refractivity contribution is -0.145. The summed E-state index contributed by atoms with van der Waals surface area (Å²) < 4.78 is 4.88. The Balaban J connectivity index is 1.81. The summed E-state index contributed by atoms with van der Waals surface area (Å²) in [5.74, 6) is -4.17. The van der Waals surface area contributed by atoms with Crippen molar-refractivity contribution in [2.75, 3.05) is 12.0 Å². The molecule has 0 bridgehead atoms. The molecule has 1 aromatic heterocycles. The van der Waals surface area contributed by atoms with E-state index in [1.807, 2.05) is 0 Å². The molecule has 1 N–H and O–H groups in total. The number of amides is 2. The summed E-state index contributed by atoms with van der Waals surface area (Å²) in [6.45, 7) is 1.79. The van der Waals surface area contributed by atoms with Crippen LogP contribution in [0.3, 0.4) is 0 Å². The lowest BCUT2D eigenvalue weighted by Gasteiger charge is -2.20. The van der Waals surface area contributed by atoms with Gasteiger partial charge in [-0.1, -0.05) is 30.3 Å². The summed E-state index contributed by atoms with van der Waals surface area (Å²) in [7, 11) is 1.17. The predicted octanol–water partition coefficient (Wildman–Crippen LogP) is 2.07. The number of rotatable bonds is 4. The first-order valence-electron chi connectivity index (χ1n) is 9.41. The van der Waals surface area contributed by atoms with E-state index in [0.717, 1.165) is 10.5 Å². The van der Waals surface area contributed by atoms with Crippen molar-refractivity contribution in [2.24, 2.45) is 5.92 Å². The highest BCUT2D eigenvalue weighted by Gasteiger charge is 2.48. The van der Waals surface area contributed by atoms with Crippen LogP contribution in [-0.4, -0.2) is 34.9 Å². The zero-order valence-corrected chi connectivity index (χ0v) is 16.4. The van der Waals surface area contributed by atoms with Gasteiger partial charge in [0.05, 0.1) is 29.7 Å². The topological polar surface area (TPSA) is 109 Å². The van der Waals surface area contributed by atoms with E-state index >= 15 is 0 Å². The molecule has 0 spiro atoms. The van der Waals surface area contributed by atoms with Crippen LogP contribution < -0.4 is 10.5 Å². The van der Waals surface area contributed by atoms with Crippen LogP contribution in [0.4, 0.5) is 5.69 Å². The highest BCUT2D eigenvalue weighted by molar-refractivity contribution is 6.22. The van der Waals surface area contributed by atoms with Gasteiger partial charge in [0, 0.05) is 6.42 Å². The molecule has 30 heavy (non-hydrogen) atoms. The average molecular weight is 405 g/mol. The van der Waals surface area contributed by atoms with Crippen molar-refractivity contribution >= 4 is 34.5 Å². The molecule has 8 heteroatoms. The molecule has 2 unspecified atom stereocenters. The Morgan fingerprint density at radius 3 is 2.57 bits per heavy atom. The third-order valence-corrected chi connectivity index (χ3v) is 5.32. The van der Waals surface area contributed by atoms with E-state index in [0.29, 0.717) is 16.7 Å². The van der Waals surface area contributed by atoms with Gasteiger partial charge in [-0.2, -0.15) is 0 Å². The molecule has 0 radical (unpaired) electrons. The van der Waals surface area contributed by atoms with Gasteiger partial charge in [-0.25, -0.2) is 4.98 Å². The minimum atomic E-state index is -1.30. The standard InChI is InChI=1S/C22H19N3O5/c1-12-7-3-6-10-16(12)25-17(26)11-13(21(25)28)18(22(29)30-2)19-20(27)24-15-9-5-4-8-14(15)23-19/h3-10,13,18H,11H2,1-2H3,(H,24,27). The largest absolute Gasteiger partial charge is 0.468 e. The fourth-order valence-electron chi connectivity index (χ4n) is 3.83. The molecule has 1 saturated heterocycles. The van der Waals surface area contributed by atoms with Crippen LogP contribution in [0.1, 0.15) is 23.6 Å². The summed E-state index contributed by atoms with van der Waals surface area (Å²) in [5.41, 5.74) is 1.44. The number of hydrogen-bond donors (Lipinski definition) is 1. The number of H-pyrrole nitrogens is 1. The Morgan fingerprint density at radius 2 is 1.83 bits per heavy atom. The van der Waals surface area contributed by atoms with Gasteiger partial charge in [0.15, 0.2) is 0 Å². The van der Waals surface area contributed by atoms with Gasteiger partial charge in [0.1, 0.15) is 11.6 Å². The number of nitrogens with zero attached hydrogens (tertiary/aromatic N) is 2. The van der Waals surface area contributed by atoms with E-state index in [-0.39, 0.29) is 12.1 Å². The number of methoxy groups -OCH3 is 1. The number of aryl methyl sites for hydroxylation is 1. The van der Waals surface area contributed by atoms with Crippen LogP contribution in [0.5, 0.6) is 0 Å². The van der Waals surface area contributed by atoms with Gasteiger partial charge in [-0.05, 0) is 30.7 Å². The third kappa shape index (κ3) is 3.16. The number of carbonyl (C=O) groups excluding carboxylic acids is 3. The number of ether oxygens (including phenoxy) is 1. The van der Waals surface area contributed by atoms with E-state index < -0.39 is 35.2 Å². The van der Waals surface area contributed by atoms with Gasteiger partial charge < -0.3 is 9.72 Å². The van der Waals surface area contributed by atoms with E-state index in [9.17, 15) is 19.2 Å². The number of carbonyl (C=O) groups is 3. The number of benzene rings is 2. The molecule has 152 valence electrons. The molecule has 8 nitrogen and oxygen atoms in total. The zero-order valence-electron chi connectivity index (χ0n) is 16.4. The van der Waals surface area contributed by atoms with Crippen LogP contribution >= 0.6 is 0 Å². The second-order valence-corrected chi connectivity index (χ2v) is 7.13. The highest BCUT2D eigenvalue weighted by atomic mass is 16.5. The number of aromatic amines is 1. The smallest absolute Gasteiger partial charge is 0.315 e. The number of imide groups is 1. The van der Waals surface area contributed by atoms with E-state index in [2.05, 4.69) is 9.97 Å². The lowest BCUT2D eigenvalue weighted by Crippen LogP contribution is -2.36. The van der Waals surface area contributed by atoms with Gasteiger partial charge in [-0.15, -0.1) is 0 Å².